The lowest BCUT2D eigenvalue weighted by molar-refractivity contribution is -0.123. The van der Waals surface area contributed by atoms with E-state index < -0.39 is 18.0 Å². The lowest BCUT2D eigenvalue weighted by Gasteiger charge is -2.16. The quantitative estimate of drug-likeness (QED) is 0.663. The van der Waals surface area contributed by atoms with E-state index in [1.54, 1.807) is 52.1 Å². The Morgan fingerprint density at radius 1 is 1.00 bits per heavy atom. The summed E-state index contributed by atoms with van der Waals surface area (Å²) in [4.78, 5) is 24.7. The molecule has 0 aliphatic heterocycles. The fourth-order valence-electron chi connectivity index (χ4n) is 2.71. The van der Waals surface area contributed by atoms with Crippen molar-refractivity contribution in [2.24, 2.45) is 0 Å². The van der Waals surface area contributed by atoms with Gasteiger partial charge in [-0.2, -0.15) is 10.2 Å². The van der Waals surface area contributed by atoms with Gasteiger partial charge in [0, 0.05) is 24.0 Å². The molecule has 3 rings (SSSR count). The molecule has 8 nitrogen and oxygen atoms in total. The Morgan fingerprint density at radius 3 is 2.29 bits per heavy atom. The van der Waals surface area contributed by atoms with E-state index in [0.29, 0.717) is 11.4 Å². The second kappa shape index (κ2) is 8.08. The van der Waals surface area contributed by atoms with Crippen LogP contribution in [0.3, 0.4) is 0 Å². The SMILES string of the molecule is Cc1ccnn1-c1ccc(C(=O)O[C@@H](C)C(=O)Nc2ccnn2C(C)C)cc1. The van der Waals surface area contributed by atoms with Gasteiger partial charge in [0.2, 0.25) is 0 Å². The molecule has 146 valence electrons. The van der Waals surface area contributed by atoms with Crippen molar-refractivity contribution in [1.82, 2.24) is 19.6 Å². The third-order valence-electron chi connectivity index (χ3n) is 4.24. The van der Waals surface area contributed by atoms with Crippen molar-refractivity contribution in [2.45, 2.75) is 39.8 Å². The summed E-state index contributed by atoms with van der Waals surface area (Å²) in [6.07, 6.45) is 2.37. The van der Waals surface area contributed by atoms with E-state index in [0.717, 1.165) is 11.4 Å². The molecule has 0 spiro atoms. The normalized spacial score (nSPS) is 12.0. The number of carbonyl (C=O) groups is 2. The maximum absolute atomic E-state index is 12.4. The van der Waals surface area contributed by atoms with Crippen LogP contribution in [0.4, 0.5) is 5.82 Å². The van der Waals surface area contributed by atoms with Gasteiger partial charge in [-0.15, -0.1) is 0 Å². The molecule has 2 heterocycles. The van der Waals surface area contributed by atoms with Gasteiger partial charge in [0.25, 0.3) is 5.91 Å². The van der Waals surface area contributed by atoms with Crippen LogP contribution in [0.15, 0.2) is 48.8 Å². The molecular weight excluding hydrogens is 358 g/mol. The number of ether oxygens (including phenoxy) is 1. The van der Waals surface area contributed by atoms with E-state index in [-0.39, 0.29) is 6.04 Å². The minimum atomic E-state index is -0.948. The average Bonchev–Trinajstić information content (AvgIpc) is 3.30. The molecule has 3 aromatic rings. The van der Waals surface area contributed by atoms with Crippen LogP contribution in [-0.2, 0) is 9.53 Å². The van der Waals surface area contributed by atoms with Crippen LogP contribution >= 0.6 is 0 Å². The van der Waals surface area contributed by atoms with Crippen LogP contribution in [-0.4, -0.2) is 37.5 Å². The number of carbonyl (C=O) groups excluding carboxylic acids is 2. The highest BCUT2D eigenvalue weighted by Gasteiger charge is 2.20. The van der Waals surface area contributed by atoms with Gasteiger partial charge in [0.1, 0.15) is 5.82 Å². The van der Waals surface area contributed by atoms with Gasteiger partial charge >= 0.3 is 5.97 Å². The Balaban J connectivity index is 1.63. The molecule has 1 atom stereocenters. The predicted molar refractivity (Wildman–Crippen MR) is 104 cm³/mol. The molecule has 0 saturated carbocycles. The van der Waals surface area contributed by atoms with Crippen LogP contribution in [0.25, 0.3) is 5.69 Å². The zero-order chi connectivity index (χ0) is 20.3. The van der Waals surface area contributed by atoms with Crippen molar-refractivity contribution < 1.29 is 14.3 Å². The van der Waals surface area contributed by atoms with Gasteiger partial charge in [-0.1, -0.05) is 0 Å². The summed E-state index contributed by atoms with van der Waals surface area (Å²) in [6.45, 7) is 7.40. The number of benzene rings is 1. The lowest BCUT2D eigenvalue weighted by atomic mass is 10.2. The highest BCUT2D eigenvalue weighted by atomic mass is 16.5. The Kier molecular flexibility index (Phi) is 5.58. The first-order chi connectivity index (χ1) is 13.4. The Bertz CT molecular complexity index is 972. The smallest absolute Gasteiger partial charge is 0.338 e. The summed E-state index contributed by atoms with van der Waals surface area (Å²) in [5, 5.41) is 11.1. The third kappa shape index (κ3) is 4.11. The molecule has 1 N–H and O–H groups in total. The molecule has 1 aromatic carbocycles. The summed E-state index contributed by atoms with van der Waals surface area (Å²) >= 11 is 0. The van der Waals surface area contributed by atoms with Crippen LogP contribution in [0.2, 0.25) is 0 Å². The summed E-state index contributed by atoms with van der Waals surface area (Å²) in [6, 6.07) is 10.6. The number of nitrogens with one attached hydrogen (secondary N) is 1. The van der Waals surface area contributed by atoms with Crippen LogP contribution < -0.4 is 5.32 Å². The topological polar surface area (TPSA) is 91.0 Å². The number of hydrogen-bond acceptors (Lipinski definition) is 5. The fourth-order valence-corrected chi connectivity index (χ4v) is 2.71. The molecule has 0 saturated heterocycles. The first kappa shape index (κ1) is 19.3. The van der Waals surface area contributed by atoms with Crippen molar-refractivity contribution in [1.29, 1.82) is 0 Å². The molecule has 0 radical (unpaired) electrons. The third-order valence-corrected chi connectivity index (χ3v) is 4.24. The van der Waals surface area contributed by atoms with Crippen molar-refractivity contribution in [2.75, 3.05) is 5.32 Å². The first-order valence-electron chi connectivity index (χ1n) is 9.03. The molecule has 0 unspecified atom stereocenters. The first-order valence-corrected chi connectivity index (χ1v) is 9.03. The van der Waals surface area contributed by atoms with E-state index in [9.17, 15) is 9.59 Å². The summed E-state index contributed by atoms with van der Waals surface area (Å²) in [5.74, 6) is -0.426. The average molecular weight is 381 g/mol. The van der Waals surface area contributed by atoms with Gasteiger partial charge in [-0.25, -0.2) is 14.2 Å². The van der Waals surface area contributed by atoms with Gasteiger partial charge < -0.3 is 10.1 Å². The van der Waals surface area contributed by atoms with Crippen LogP contribution in [0, 0.1) is 6.92 Å². The highest BCUT2D eigenvalue weighted by molar-refractivity contribution is 5.96. The van der Waals surface area contributed by atoms with Gasteiger partial charge in [0.15, 0.2) is 6.10 Å². The molecule has 0 aliphatic carbocycles. The minimum Gasteiger partial charge on any atom is -0.449 e. The molecule has 8 heteroatoms. The van der Waals surface area contributed by atoms with Crippen molar-refractivity contribution in [3.05, 3.63) is 60.0 Å². The number of anilines is 1. The Morgan fingerprint density at radius 2 is 1.68 bits per heavy atom. The highest BCUT2D eigenvalue weighted by Crippen LogP contribution is 2.15. The van der Waals surface area contributed by atoms with Crippen molar-refractivity contribution in [3.63, 3.8) is 0 Å². The second-order valence-corrected chi connectivity index (χ2v) is 6.72. The molecule has 2 aromatic heterocycles. The van der Waals surface area contributed by atoms with E-state index in [1.807, 2.05) is 26.8 Å². The largest absolute Gasteiger partial charge is 0.449 e. The van der Waals surface area contributed by atoms with E-state index in [2.05, 4.69) is 15.5 Å². The molecule has 0 aliphatic rings. The summed E-state index contributed by atoms with van der Waals surface area (Å²) in [5.41, 5.74) is 2.19. The van der Waals surface area contributed by atoms with Gasteiger partial charge in [-0.05, 0) is 58.0 Å². The number of rotatable bonds is 6. The Hall–Kier alpha value is -3.42. The standard InChI is InChI=1S/C20H23N5O3/c1-13(2)24-18(10-12-21-24)23-19(26)15(4)28-20(27)16-5-7-17(8-6-16)25-14(3)9-11-22-25/h5-13,15H,1-4H3,(H,23,26)/t15-/m0/s1. The molecule has 28 heavy (non-hydrogen) atoms. The van der Waals surface area contributed by atoms with Gasteiger partial charge in [0.05, 0.1) is 17.4 Å². The molecule has 0 fully saturated rings. The van der Waals surface area contributed by atoms with Crippen LogP contribution in [0.5, 0.6) is 0 Å². The zero-order valence-corrected chi connectivity index (χ0v) is 16.3. The number of esters is 1. The lowest BCUT2D eigenvalue weighted by Crippen LogP contribution is -2.31. The van der Waals surface area contributed by atoms with E-state index in [1.165, 1.54) is 6.92 Å². The predicted octanol–water partition coefficient (Wildman–Crippen LogP) is 3.14. The fraction of sp³-hybridized carbons (Fsp3) is 0.300. The molecule has 1 amide bonds. The number of aryl methyl sites for hydroxylation is 1. The van der Waals surface area contributed by atoms with E-state index >= 15 is 0 Å². The van der Waals surface area contributed by atoms with Gasteiger partial charge in [-0.3, -0.25) is 4.79 Å². The number of hydrogen-bond donors (Lipinski definition) is 1. The summed E-state index contributed by atoms with van der Waals surface area (Å²) in [7, 11) is 0. The van der Waals surface area contributed by atoms with E-state index in [4.69, 9.17) is 4.74 Å². The van der Waals surface area contributed by atoms with Crippen molar-refractivity contribution >= 4 is 17.7 Å². The summed E-state index contributed by atoms with van der Waals surface area (Å²) < 4.78 is 8.75. The van der Waals surface area contributed by atoms with Crippen LogP contribution in [0.1, 0.15) is 42.9 Å². The van der Waals surface area contributed by atoms with Crippen molar-refractivity contribution in [3.8, 4) is 5.69 Å². The Labute approximate surface area is 163 Å². The molecular formula is C20H23N5O3. The maximum atomic E-state index is 12.4. The minimum absolute atomic E-state index is 0.0973. The number of aromatic nitrogens is 4. The number of amides is 1. The molecule has 0 bridgehead atoms. The number of nitrogens with zero attached hydrogens (tertiary/aromatic N) is 4. The maximum Gasteiger partial charge on any atom is 0.338 e. The monoisotopic (exact) mass is 381 g/mol. The second-order valence-electron chi connectivity index (χ2n) is 6.72. The zero-order valence-electron chi connectivity index (χ0n) is 16.3.